The van der Waals surface area contributed by atoms with Gasteiger partial charge in [-0.1, -0.05) is 30.7 Å². The Bertz CT molecular complexity index is 549. The van der Waals surface area contributed by atoms with Gasteiger partial charge in [0.15, 0.2) is 0 Å². The highest BCUT2D eigenvalue weighted by atomic mass is 35.5. The van der Waals surface area contributed by atoms with Crippen LogP contribution >= 0.6 is 11.6 Å². The van der Waals surface area contributed by atoms with E-state index in [9.17, 15) is 13.5 Å². The van der Waals surface area contributed by atoms with Crippen LogP contribution in [-0.4, -0.2) is 36.5 Å². The molecule has 0 spiro atoms. The van der Waals surface area contributed by atoms with Gasteiger partial charge < -0.3 is 5.11 Å². The van der Waals surface area contributed by atoms with Crippen molar-refractivity contribution in [1.82, 2.24) is 4.31 Å². The maximum Gasteiger partial charge on any atom is 0.244 e. The van der Waals surface area contributed by atoms with Crippen molar-refractivity contribution in [3.8, 4) is 0 Å². The van der Waals surface area contributed by atoms with Crippen LogP contribution in [0.2, 0.25) is 5.02 Å². The third kappa shape index (κ3) is 3.92. The van der Waals surface area contributed by atoms with Crippen LogP contribution in [0.3, 0.4) is 0 Å². The topological polar surface area (TPSA) is 57.6 Å². The number of sulfonamides is 1. The predicted molar refractivity (Wildman–Crippen MR) is 76.9 cm³/mol. The summed E-state index contributed by atoms with van der Waals surface area (Å²) < 4.78 is 26.3. The Balaban J connectivity index is 3.25. The minimum Gasteiger partial charge on any atom is -0.389 e. The van der Waals surface area contributed by atoms with Crippen molar-refractivity contribution >= 4 is 21.6 Å². The van der Waals surface area contributed by atoms with Gasteiger partial charge >= 0.3 is 0 Å². The second-order valence-corrected chi connectivity index (χ2v) is 7.41. The fraction of sp³-hybridized carbons (Fsp3) is 0.538. The highest BCUT2D eigenvalue weighted by molar-refractivity contribution is 7.89. The molecule has 0 saturated carbocycles. The zero-order chi connectivity index (χ0) is 14.8. The zero-order valence-corrected chi connectivity index (χ0v) is 13.2. The minimum atomic E-state index is -3.70. The van der Waals surface area contributed by atoms with Crippen molar-refractivity contribution in [3.63, 3.8) is 0 Å². The van der Waals surface area contributed by atoms with Gasteiger partial charge in [0.2, 0.25) is 10.0 Å². The summed E-state index contributed by atoms with van der Waals surface area (Å²) in [6, 6.07) is 4.90. The molecule has 1 N–H and O–H groups in total. The Morgan fingerprint density at radius 2 is 1.95 bits per heavy atom. The predicted octanol–water partition coefficient (Wildman–Crippen LogP) is 2.43. The summed E-state index contributed by atoms with van der Waals surface area (Å²) in [4.78, 5) is 0.0836. The van der Waals surface area contributed by atoms with E-state index in [0.717, 1.165) is 0 Å². The van der Waals surface area contributed by atoms with Crippen LogP contribution in [0.5, 0.6) is 0 Å². The number of benzene rings is 1. The first-order valence-electron chi connectivity index (χ1n) is 6.07. The molecule has 0 radical (unpaired) electrons. The fourth-order valence-electron chi connectivity index (χ4n) is 1.76. The SMILES string of the molecule is CCN(CC(C)(C)O)S(=O)(=O)c1cccc(C)c1Cl. The Morgan fingerprint density at radius 3 is 2.42 bits per heavy atom. The van der Waals surface area contributed by atoms with E-state index in [2.05, 4.69) is 0 Å². The number of hydrogen-bond acceptors (Lipinski definition) is 3. The number of nitrogens with zero attached hydrogens (tertiary/aromatic N) is 1. The van der Waals surface area contributed by atoms with Crippen LogP contribution in [0.25, 0.3) is 0 Å². The Labute approximate surface area is 120 Å². The largest absolute Gasteiger partial charge is 0.389 e. The molecule has 0 saturated heterocycles. The van der Waals surface area contributed by atoms with Crippen LogP contribution in [0.1, 0.15) is 26.3 Å². The lowest BCUT2D eigenvalue weighted by Crippen LogP contribution is -2.42. The van der Waals surface area contributed by atoms with Crippen molar-refractivity contribution in [3.05, 3.63) is 28.8 Å². The first kappa shape index (κ1) is 16.4. The van der Waals surface area contributed by atoms with Crippen LogP contribution in [0.4, 0.5) is 0 Å². The lowest BCUT2D eigenvalue weighted by atomic mass is 10.1. The Kier molecular flexibility index (Phi) is 5.01. The van der Waals surface area contributed by atoms with Gasteiger partial charge in [-0.05, 0) is 32.4 Å². The van der Waals surface area contributed by atoms with E-state index < -0.39 is 15.6 Å². The number of aliphatic hydroxyl groups is 1. The summed E-state index contributed by atoms with van der Waals surface area (Å²) >= 11 is 6.08. The lowest BCUT2D eigenvalue weighted by Gasteiger charge is -2.27. The van der Waals surface area contributed by atoms with Gasteiger partial charge in [-0.15, -0.1) is 0 Å². The molecule has 0 aliphatic heterocycles. The molecular formula is C13H20ClNO3S. The van der Waals surface area contributed by atoms with Crippen molar-refractivity contribution in [2.75, 3.05) is 13.1 Å². The third-order valence-corrected chi connectivity index (χ3v) is 5.27. The number of halogens is 1. The Hall–Kier alpha value is -0.620. The van der Waals surface area contributed by atoms with Gasteiger partial charge in [0.25, 0.3) is 0 Å². The number of hydrogen-bond donors (Lipinski definition) is 1. The molecule has 19 heavy (non-hydrogen) atoms. The molecule has 1 rings (SSSR count). The fourth-order valence-corrected chi connectivity index (χ4v) is 3.92. The average Bonchev–Trinajstić information content (AvgIpc) is 2.28. The molecule has 1 aromatic carbocycles. The minimum absolute atomic E-state index is 0.0239. The summed E-state index contributed by atoms with van der Waals surface area (Å²) in [5.41, 5.74) is -0.388. The second kappa shape index (κ2) is 5.79. The first-order chi connectivity index (χ1) is 8.59. The van der Waals surface area contributed by atoms with Crippen LogP contribution in [0.15, 0.2) is 23.1 Å². The molecule has 0 heterocycles. The van der Waals surface area contributed by atoms with Gasteiger partial charge in [0.1, 0.15) is 4.90 Å². The lowest BCUT2D eigenvalue weighted by molar-refractivity contribution is 0.0601. The summed E-state index contributed by atoms with van der Waals surface area (Å²) in [6.07, 6.45) is 0. The van der Waals surface area contributed by atoms with Crippen LogP contribution in [0, 0.1) is 6.92 Å². The zero-order valence-electron chi connectivity index (χ0n) is 11.6. The molecule has 4 nitrogen and oxygen atoms in total. The number of rotatable bonds is 5. The summed E-state index contributed by atoms with van der Waals surface area (Å²) in [5, 5.41) is 10.0. The molecule has 0 atom stereocenters. The third-order valence-electron chi connectivity index (χ3n) is 2.69. The number of aryl methyl sites for hydroxylation is 1. The molecule has 0 fully saturated rings. The van der Waals surface area contributed by atoms with Crippen molar-refractivity contribution in [2.45, 2.75) is 38.2 Å². The van der Waals surface area contributed by atoms with Gasteiger partial charge in [0.05, 0.1) is 10.6 Å². The highest BCUT2D eigenvalue weighted by Crippen LogP contribution is 2.28. The number of likely N-dealkylation sites (N-methyl/N-ethyl adjacent to an activating group) is 1. The van der Waals surface area contributed by atoms with E-state index in [1.54, 1.807) is 39.8 Å². The van der Waals surface area contributed by atoms with Gasteiger partial charge in [-0.25, -0.2) is 8.42 Å². The van der Waals surface area contributed by atoms with E-state index in [-0.39, 0.29) is 23.0 Å². The second-order valence-electron chi connectivity index (χ2n) is 5.13. The molecule has 108 valence electrons. The van der Waals surface area contributed by atoms with Crippen molar-refractivity contribution in [1.29, 1.82) is 0 Å². The maximum atomic E-state index is 12.5. The Morgan fingerprint density at radius 1 is 1.37 bits per heavy atom. The van der Waals surface area contributed by atoms with Gasteiger partial charge in [-0.2, -0.15) is 4.31 Å². The maximum absolute atomic E-state index is 12.5. The normalized spacial score (nSPS) is 13.0. The van der Waals surface area contributed by atoms with Crippen molar-refractivity contribution in [2.24, 2.45) is 0 Å². The molecular weight excluding hydrogens is 286 g/mol. The molecule has 0 aliphatic carbocycles. The van der Waals surface area contributed by atoms with Crippen LogP contribution < -0.4 is 0 Å². The monoisotopic (exact) mass is 305 g/mol. The summed E-state index contributed by atoms with van der Waals surface area (Å²) in [5.74, 6) is 0. The highest BCUT2D eigenvalue weighted by Gasteiger charge is 2.30. The summed E-state index contributed by atoms with van der Waals surface area (Å²) in [6.45, 7) is 6.93. The van der Waals surface area contributed by atoms with E-state index in [0.29, 0.717) is 5.56 Å². The standard InChI is InChI=1S/C13H20ClNO3S/c1-5-15(9-13(3,4)16)19(17,18)11-8-6-7-10(2)12(11)14/h6-8,16H,5,9H2,1-4H3. The van der Waals surface area contributed by atoms with E-state index in [1.165, 1.54) is 10.4 Å². The molecule has 6 heteroatoms. The van der Waals surface area contributed by atoms with Crippen molar-refractivity contribution < 1.29 is 13.5 Å². The molecule has 0 bridgehead atoms. The van der Waals surface area contributed by atoms with E-state index in [1.807, 2.05) is 0 Å². The van der Waals surface area contributed by atoms with E-state index in [4.69, 9.17) is 11.6 Å². The average molecular weight is 306 g/mol. The molecule has 0 aromatic heterocycles. The molecule has 0 unspecified atom stereocenters. The molecule has 0 amide bonds. The molecule has 1 aromatic rings. The molecule has 0 aliphatic rings. The van der Waals surface area contributed by atoms with Crippen LogP contribution in [-0.2, 0) is 10.0 Å². The smallest absolute Gasteiger partial charge is 0.244 e. The summed E-state index contributed by atoms with van der Waals surface area (Å²) in [7, 11) is -3.70. The van der Waals surface area contributed by atoms with E-state index >= 15 is 0 Å². The quantitative estimate of drug-likeness (QED) is 0.909. The van der Waals surface area contributed by atoms with Gasteiger partial charge in [0, 0.05) is 13.1 Å². The van der Waals surface area contributed by atoms with Gasteiger partial charge in [-0.3, -0.25) is 0 Å². The first-order valence-corrected chi connectivity index (χ1v) is 7.89.